The topological polar surface area (TPSA) is 42.0 Å². The molecule has 0 aliphatic carbocycles. The lowest BCUT2D eigenvalue weighted by Gasteiger charge is -2.36. The largest absolute Gasteiger partial charge is 0.454 e. The van der Waals surface area contributed by atoms with Crippen LogP contribution in [0.3, 0.4) is 0 Å². The van der Waals surface area contributed by atoms with E-state index in [0.29, 0.717) is 31.0 Å². The van der Waals surface area contributed by atoms with Crippen molar-refractivity contribution in [1.29, 1.82) is 0 Å². The summed E-state index contributed by atoms with van der Waals surface area (Å²) in [6, 6.07) is 12.1. The van der Waals surface area contributed by atoms with Crippen LogP contribution in [0.25, 0.3) is 0 Å². The van der Waals surface area contributed by atoms with E-state index < -0.39 is 0 Å². The Morgan fingerprint density at radius 1 is 1.00 bits per heavy atom. The number of benzene rings is 2. The average Bonchev–Trinajstić information content (AvgIpc) is 3.12. The highest BCUT2D eigenvalue weighted by molar-refractivity contribution is 5.80. The molecular weight excluding hydrogens is 323 g/mol. The lowest BCUT2D eigenvalue weighted by molar-refractivity contribution is -0.130. The van der Waals surface area contributed by atoms with E-state index in [9.17, 15) is 9.18 Å². The number of ether oxygens (including phenoxy) is 2. The van der Waals surface area contributed by atoms with Gasteiger partial charge in [-0.25, -0.2) is 4.39 Å². The first kappa shape index (κ1) is 15.7. The van der Waals surface area contributed by atoms with Crippen molar-refractivity contribution in [3.05, 3.63) is 53.8 Å². The maximum Gasteiger partial charge on any atom is 0.231 e. The van der Waals surface area contributed by atoms with Crippen LogP contribution in [0.2, 0.25) is 0 Å². The molecule has 0 N–H and O–H groups in total. The Morgan fingerprint density at radius 2 is 1.76 bits per heavy atom. The fraction of sp³-hybridized carbons (Fsp3) is 0.316. The van der Waals surface area contributed by atoms with Gasteiger partial charge in [-0.1, -0.05) is 12.1 Å². The number of halogens is 1. The van der Waals surface area contributed by atoms with E-state index in [1.807, 2.05) is 23.1 Å². The quantitative estimate of drug-likeness (QED) is 0.859. The smallest absolute Gasteiger partial charge is 0.231 e. The van der Waals surface area contributed by atoms with Crippen molar-refractivity contribution in [1.82, 2.24) is 4.90 Å². The molecule has 2 aliphatic heterocycles. The fourth-order valence-corrected chi connectivity index (χ4v) is 3.27. The molecule has 130 valence electrons. The van der Waals surface area contributed by atoms with Gasteiger partial charge in [0.25, 0.3) is 0 Å². The normalized spacial score (nSPS) is 16.2. The Hall–Kier alpha value is -2.76. The van der Waals surface area contributed by atoms with Crippen molar-refractivity contribution in [3.63, 3.8) is 0 Å². The SMILES string of the molecule is O=C(Cc1cccc2c1OCO2)N1CCN(c2ccc(F)cc2)CC1. The molecule has 2 aromatic rings. The number of nitrogens with zero attached hydrogens (tertiary/aromatic N) is 2. The minimum atomic E-state index is -0.237. The Bertz CT molecular complexity index is 771. The number of fused-ring (bicyclic) bond motifs is 1. The van der Waals surface area contributed by atoms with Crippen LogP contribution in [-0.2, 0) is 11.2 Å². The third-order valence-electron chi connectivity index (χ3n) is 4.64. The molecule has 2 heterocycles. The summed E-state index contributed by atoms with van der Waals surface area (Å²) in [7, 11) is 0. The highest BCUT2D eigenvalue weighted by atomic mass is 19.1. The number of piperazine rings is 1. The summed E-state index contributed by atoms with van der Waals surface area (Å²) >= 11 is 0. The van der Waals surface area contributed by atoms with Gasteiger partial charge in [-0.05, 0) is 30.3 Å². The molecule has 2 aliphatic rings. The van der Waals surface area contributed by atoms with Crippen LogP contribution < -0.4 is 14.4 Å². The predicted molar refractivity (Wildman–Crippen MR) is 91.5 cm³/mol. The van der Waals surface area contributed by atoms with Gasteiger partial charge in [-0.3, -0.25) is 4.79 Å². The molecule has 0 bridgehead atoms. The van der Waals surface area contributed by atoms with E-state index in [1.54, 1.807) is 12.1 Å². The molecule has 0 spiro atoms. The number of para-hydroxylation sites is 1. The van der Waals surface area contributed by atoms with E-state index in [4.69, 9.17) is 9.47 Å². The molecule has 6 heteroatoms. The average molecular weight is 342 g/mol. The van der Waals surface area contributed by atoms with Gasteiger partial charge in [-0.15, -0.1) is 0 Å². The van der Waals surface area contributed by atoms with Gasteiger partial charge in [0.1, 0.15) is 5.82 Å². The molecule has 2 aromatic carbocycles. The highest BCUT2D eigenvalue weighted by Gasteiger charge is 2.24. The molecule has 0 unspecified atom stereocenters. The van der Waals surface area contributed by atoms with Gasteiger partial charge in [0.2, 0.25) is 12.7 Å². The molecule has 1 fully saturated rings. The standard InChI is InChI=1S/C19H19FN2O3/c20-15-4-6-16(7-5-15)21-8-10-22(11-9-21)18(23)12-14-2-1-3-17-19(14)25-13-24-17/h1-7H,8-13H2. The fourth-order valence-electron chi connectivity index (χ4n) is 3.27. The number of hydrogen-bond donors (Lipinski definition) is 0. The van der Waals surface area contributed by atoms with Crippen LogP contribution in [0.15, 0.2) is 42.5 Å². The first-order valence-corrected chi connectivity index (χ1v) is 8.36. The lowest BCUT2D eigenvalue weighted by Crippen LogP contribution is -2.49. The molecule has 0 radical (unpaired) electrons. The van der Waals surface area contributed by atoms with Crippen molar-refractivity contribution >= 4 is 11.6 Å². The van der Waals surface area contributed by atoms with Crippen molar-refractivity contribution < 1.29 is 18.7 Å². The molecule has 1 saturated heterocycles. The second kappa shape index (κ2) is 6.63. The van der Waals surface area contributed by atoms with Crippen LogP contribution >= 0.6 is 0 Å². The van der Waals surface area contributed by atoms with E-state index in [1.165, 1.54) is 12.1 Å². The van der Waals surface area contributed by atoms with Gasteiger partial charge in [0, 0.05) is 37.4 Å². The molecule has 4 rings (SSSR count). The van der Waals surface area contributed by atoms with E-state index in [2.05, 4.69) is 4.90 Å². The number of carbonyl (C=O) groups is 1. The molecule has 1 amide bonds. The summed E-state index contributed by atoms with van der Waals surface area (Å²) in [6.45, 7) is 3.00. The third kappa shape index (κ3) is 3.24. The summed E-state index contributed by atoms with van der Waals surface area (Å²) in [5, 5.41) is 0. The zero-order valence-corrected chi connectivity index (χ0v) is 13.8. The summed E-state index contributed by atoms with van der Waals surface area (Å²) in [5.41, 5.74) is 1.85. The Kier molecular flexibility index (Phi) is 4.17. The number of hydrogen-bond acceptors (Lipinski definition) is 4. The second-order valence-electron chi connectivity index (χ2n) is 6.17. The van der Waals surface area contributed by atoms with E-state index in [-0.39, 0.29) is 18.5 Å². The maximum absolute atomic E-state index is 13.0. The number of rotatable bonds is 3. The molecule has 0 aromatic heterocycles. The summed E-state index contributed by atoms with van der Waals surface area (Å²) in [6.07, 6.45) is 0.309. The van der Waals surface area contributed by atoms with Crippen molar-refractivity contribution in [3.8, 4) is 11.5 Å². The van der Waals surface area contributed by atoms with E-state index >= 15 is 0 Å². The van der Waals surface area contributed by atoms with Gasteiger partial charge < -0.3 is 19.3 Å². The van der Waals surface area contributed by atoms with E-state index in [0.717, 1.165) is 24.3 Å². The van der Waals surface area contributed by atoms with Crippen molar-refractivity contribution in [2.24, 2.45) is 0 Å². The van der Waals surface area contributed by atoms with Crippen molar-refractivity contribution in [2.75, 3.05) is 37.9 Å². The number of amides is 1. The predicted octanol–water partition coefficient (Wildman–Crippen LogP) is 2.45. The second-order valence-corrected chi connectivity index (χ2v) is 6.17. The molecular formula is C19H19FN2O3. The minimum Gasteiger partial charge on any atom is -0.454 e. The first-order chi connectivity index (χ1) is 12.2. The first-order valence-electron chi connectivity index (χ1n) is 8.36. The Balaban J connectivity index is 1.37. The Morgan fingerprint density at radius 3 is 2.52 bits per heavy atom. The van der Waals surface area contributed by atoms with Crippen LogP contribution in [-0.4, -0.2) is 43.8 Å². The molecule has 25 heavy (non-hydrogen) atoms. The molecule has 0 saturated carbocycles. The maximum atomic E-state index is 13.0. The van der Waals surface area contributed by atoms with Gasteiger partial charge >= 0.3 is 0 Å². The molecule has 0 atom stereocenters. The zero-order chi connectivity index (χ0) is 17.2. The van der Waals surface area contributed by atoms with Crippen molar-refractivity contribution in [2.45, 2.75) is 6.42 Å². The van der Waals surface area contributed by atoms with Gasteiger partial charge in [0.05, 0.1) is 6.42 Å². The summed E-state index contributed by atoms with van der Waals surface area (Å²) in [5.74, 6) is 1.23. The number of anilines is 1. The highest BCUT2D eigenvalue weighted by Crippen LogP contribution is 2.35. The van der Waals surface area contributed by atoms with Gasteiger partial charge in [0.15, 0.2) is 11.5 Å². The lowest BCUT2D eigenvalue weighted by atomic mass is 10.1. The summed E-state index contributed by atoms with van der Waals surface area (Å²) < 4.78 is 23.9. The van der Waals surface area contributed by atoms with Crippen LogP contribution in [0, 0.1) is 5.82 Å². The summed E-state index contributed by atoms with van der Waals surface area (Å²) in [4.78, 5) is 16.7. The Labute approximate surface area is 145 Å². The van der Waals surface area contributed by atoms with Crippen LogP contribution in [0.5, 0.6) is 11.5 Å². The zero-order valence-electron chi connectivity index (χ0n) is 13.8. The molecule has 5 nitrogen and oxygen atoms in total. The monoisotopic (exact) mass is 342 g/mol. The number of carbonyl (C=O) groups excluding carboxylic acids is 1. The third-order valence-corrected chi connectivity index (χ3v) is 4.64. The minimum absolute atomic E-state index is 0.0858. The van der Waals surface area contributed by atoms with Crippen LogP contribution in [0.4, 0.5) is 10.1 Å². The van der Waals surface area contributed by atoms with Crippen LogP contribution in [0.1, 0.15) is 5.56 Å². The van der Waals surface area contributed by atoms with Gasteiger partial charge in [-0.2, -0.15) is 0 Å².